The zero-order valence-electron chi connectivity index (χ0n) is 11.5. The first-order chi connectivity index (χ1) is 9.65. The molecule has 1 aromatic heterocycles. The topological polar surface area (TPSA) is 81.2 Å². The molecule has 0 aliphatic rings. The van der Waals surface area contributed by atoms with Gasteiger partial charge in [0.15, 0.2) is 17.2 Å². The van der Waals surface area contributed by atoms with E-state index in [4.69, 9.17) is 20.6 Å². The van der Waals surface area contributed by atoms with Gasteiger partial charge in [-0.2, -0.15) is 0 Å². The van der Waals surface area contributed by atoms with Gasteiger partial charge < -0.3 is 15.2 Å². The van der Waals surface area contributed by atoms with Crippen LogP contribution in [0.4, 0.5) is 0 Å². The van der Waals surface area contributed by atoms with Crippen molar-refractivity contribution in [3.05, 3.63) is 47.8 Å². The first kappa shape index (κ1) is 13.9. The van der Waals surface area contributed by atoms with Crippen LogP contribution in [-0.2, 0) is 6.42 Å². The van der Waals surface area contributed by atoms with Gasteiger partial charge >= 0.3 is 0 Å². The van der Waals surface area contributed by atoms with Crippen molar-refractivity contribution in [2.24, 2.45) is 5.73 Å². The SMILES string of the molecule is CCc1ccc(Oc2cnccc2C(=N)N)c(OC)c1. The summed E-state index contributed by atoms with van der Waals surface area (Å²) in [6.45, 7) is 2.07. The average Bonchev–Trinajstić information content (AvgIpc) is 2.48. The fraction of sp³-hybridized carbons (Fsp3) is 0.200. The molecule has 0 aliphatic heterocycles. The number of hydrogen-bond acceptors (Lipinski definition) is 4. The average molecular weight is 271 g/mol. The summed E-state index contributed by atoms with van der Waals surface area (Å²) in [6, 6.07) is 7.39. The Kier molecular flexibility index (Phi) is 4.20. The van der Waals surface area contributed by atoms with E-state index in [1.165, 1.54) is 6.20 Å². The highest BCUT2D eigenvalue weighted by molar-refractivity contribution is 5.97. The van der Waals surface area contributed by atoms with Gasteiger partial charge in [-0.15, -0.1) is 0 Å². The minimum absolute atomic E-state index is 0.0634. The van der Waals surface area contributed by atoms with Crippen molar-refractivity contribution in [3.63, 3.8) is 0 Å². The number of ether oxygens (including phenoxy) is 2. The lowest BCUT2D eigenvalue weighted by Gasteiger charge is -2.13. The van der Waals surface area contributed by atoms with Crippen molar-refractivity contribution in [1.82, 2.24) is 4.98 Å². The van der Waals surface area contributed by atoms with E-state index < -0.39 is 0 Å². The third-order valence-corrected chi connectivity index (χ3v) is 2.93. The Morgan fingerprint density at radius 3 is 2.70 bits per heavy atom. The second-order valence-corrected chi connectivity index (χ2v) is 4.23. The number of nitrogens with one attached hydrogen (secondary N) is 1. The maximum Gasteiger partial charge on any atom is 0.169 e. The van der Waals surface area contributed by atoms with Crippen LogP contribution in [-0.4, -0.2) is 17.9 Å². The lowest BCUT2D eigenvalue weighted by atomic mass is 10.1. The van der Waals surface area contributed by atoms with Crippen molar-refractivity contribution < 1.29 is 9.47 Å². The van der Waals surface area contributed by atoms with Crippen LogP contribution < -0.4 is 15.2 Å². The van der Waals surface area contributed by atoms with Crippen molar-refractivity contribution in [3.8, 4) is 17.2 Å². The summed E-state index contributed by atoms with van der Waals surface area (Å²) in [6.07, 6.45) is 4.02. The molecule has 0 atom stereocenters. The molecular formula is C15H17N3O2. The molecule has 0 aliphatic carbocycles. The summed E-state index contributed by atoms with van der Waals surface area (Å²) in [5.41, 5.74) is 7.19. The molecule has 1 aromatic carbocycles. The number of aryl methyl sites for hydroxylation is 1. The molecule has 5 heteroatoms. The number of amidine groups is 1. The molecule has 0 bridgehead atoms. The molecule has 0 saturated carbocycles. The molecular weight excluding hydrogens is 254 g/mol. The molecule has 1 heterocycles. The van der Waals surface area contributed by atoms with E-state index >= 15 is 0 Å². The van der Waals surface area contributed by atoms with Crippen LogP contribution in [0.25, 0.3) is 0 Å². The normalized spacial score (nSPS) is 10.1. The Morgan fingerprint density at radius 2 is 2.05 bits per heavy atom. The molecule has 0 radical (unpaired) electrons. The minimum atomic E-state index is -0.0634. The van der Waals surface area contributed by atoms with Crippen LogP contribution in [0.1, 0.15) is 18.1 Å². The number of rotatable bonds is 5. The summed E-state index contributed by atoms with van der Waals surface area (Å²) in [7, 11) is 1.59. The predicted molar refractivity (Wildman–Crippen MR) is 77.7 cm³/mol. The number of nitrogens with zero attached hydrogens (tertiary/aromatic N) is 1. The summed E-state index contributed by atoms with van der Waals surface area (Å²) >= 11 is 0. The Labute approximate surface area is 117 Å². The van der Waals surface area contributed by atoms with Crippen molar-refractivity contribution in [1.29, 1.82) is 5.41 Å². The standard InChI is InChI=1S/C15H17N3O2/c1-3-10-4-5-12(13(8-10)19-2)20-14-9-18-7-6-11(14)15(16)17/h4-9H,3H2,1-2H3,(H3,16,17). The number of nitrogen functional groups attached to an aromatic ring is 1. The Hall–Kier alpha value is -2.56. The van der Waals surface area contributed by atoms with Crippen molar-refractivity contribution in [2.75, 3.05) is 7.11 Å². The predicted octanol–water partition coefficient (Wildman–Crippen LogP) is 2.73. The van der Waals surface area contributed by atoms with E-state index in [1.54, 1.807) is 19.4 Å². The number of hydrogen-bond donors (Lipinski definition) is 2. The largest absolute Gasteiger partial charge is 0.493 e. The van der Waals surface area contributed by atoms with E-state index in [1.807, 2.05) is 18.2 Å². The highest BCUT2D eigenvalue weighted by atomic mass is 16.5. The van der Waals surface area contributed by atoms with E-state index in [0.717, 1.165) is 12.0 Å². The van der Waals surface area contributed by atoms with Gasteiger partial charge in [0.25, 0.3) is 0 Å². The van der Waals surface area contributed by atoms with Crippen molar-refractivity contribution in [2.45, 2.75) is 13.3 Å². The van der Waals surface area contributed by atoms with Crippen molar-refractivity contribution >= 4 is 5.84 Å². The van der Waals surface area contributed by atoms with Crippen LogP contribution in [0.3, 0.4) is 0 Å². The quantitative estimate of drug-likeness (QED) is 0.647. The molecule has 0 amide bonds. The summed E-state index contributed by atoms with van der Waals surface area (Å²) in [4.78, 5) is 4.00. The fourth-order valence-corrected chi connectivity index (χ4v) is 1.82. The second kappa shape index (κ2) is 6.06. The summed E-state index contributed by atoms with van der Waals surface area (Å²) < 4.78 is 11.1. The van der Waals surface area contributed by atoms with Gasteiger partial charge in [0, 0.05) is 6.20 Å². The molecule has 5 nitrogen and oxygen atoms in total. The molecule has 104 valence electrons. The Bertz CT molecular complexity index is 626. The Balaban J connectivity index is 2.37. The second-order valence-electron chi connectivity index (χ2n) is 4.23. The molecule has 2 rings (SSSR count). The molecule has 3 N–H and O–H groups in total. The minimum Gasteiger partial charge on any atom is -0.493 e. The van der Waals surface area contributed by atoms with E-state index in [-0.39, 0.29) is 5.84 Å². The van der Waals surface area contributed by atoms with E-state index in [0.29, 0.717) is 22.8 Å². The molecule has 20 heavy (non-hydrogen) atoms. The van der Waals surface area contributed by atoms with Crippen LogP contribution in [0, 0.1) is 5.41 Å². The van der Waals surface area contributed by atoms with Gasteiger partial charge in [0.2, 0.25) is 0 Å². The third kappa shape index (κ3) is 2.88. The Morgan fingerprint density at radius 1 is 1.25 bits per heavy atom. The number of pyridine rings is 1. The first-order valence-corrected chi connectivity index (χ1v) is 6.29. The monoisotopic (exact) mass is 271 g/mol. The fourth-order valence-electron chi connectivity index (χ4n) is 1.82. The van der Waals surface area contributed by atoms with Crippen LogP contribution in [0.15, 0.2) is 36.7 Å². The maximum atomic E-state index is 7.54. The summed E-state index contributed by atoms with van der Waals surface area (Å²) in [5, 5.41) is 7.54. The molecule has 0 saturated heterocycles. The number of nitrogens with two attached hydrogens (primary N) is 1. The van der Waals surface area contributed by atoms with Gasteiger partial charge in [-0.1, -0.05) is 13.0 Å². The smallest absolute Gasteiger partial charge is 0.169 e. The van der Waals surface area contributed by atoms with Crippen LogP contribution >= 0.6 is 0 Å². The number of aromatic nitrogens is 1. The lowest BCUT2D eigenvalue weighted by molar-refractivity contribution is 0.377. The molecule has 2 aromatic rings. The highest BCUT2D eigenvalue weighted by Gasteiger charge is 2.11. The zero-order valence-corrected chi connectivity index (χ0v) is 11.5. The molecule has 0 spiro atoms. The maximum absolute atomic E-state index is 7.54. The first-order valence-electron chi connectivity index (χ1n) is 6.29. The van der Waals surface area contributed by atoms with Gasteiger partial charge in [0.05, 0.1) is 18.9 Å². The van der Waals surface area contributed by atoms with E-state index in [2.05, 4.69) is 11.9 Å². The highest BCUT2D eigenvalue weighted by Crippen LogP contribution is 2.33. The molecule has 0 fully saturated rings. The summed E-state index contributed by atoms with van der Waals surface area (Å²) in [5.74, 6) is 1.58. The van der Waals surface area contributed by atoms with Gasteiger partial charge in [0.1, 0.15) is 5.84 Å². The third-order valence-electron chi connectivity index (χ3n) is 2.93. The van der Waals surface area contributed by atoms with Gasteiger partial charge in [-0.25, -0.2) is 0 Å². The number of methoxy groups -OCH3 is 1. The van der Waals surface area contributed by atoms with Crippen LogP contribution in [0.2, 0.25) is 0 Å². The van der Waals surface area contributed by atoms with Crippen LogP contribution in [0.5, 0.6) is 17.2 Å². The zero-order chi connectivity index (χ0) is 14.5. The number of benzene rings is 1. The lowest BCUT2D eigenvalue weighted by Crippen LogP contribution is -2.12. The van der Waals surface area contributed by atoms with Gasteiger partial charge in [-0.3, -0.25) is 10.4 Å². The van der Waals surface area contributed by atoms with E-state index in [9.17, 15) is 0 Å². The molecule has 0 unspecified atom stereocenters. The van der Waals surface area contributed by atoms with Gasteiger partial charge in [-0.05, 0) is 30.2 Å².